The Kier molecular flexibility index (Phi) is 2.42. The number of hydrogen-bond donors (Lipinski definition) is 3. The van der Waals surface area contributed by atoms with Crippen LogP contribution in [-0.4, -0.2) is 31.4 Å². The van der Waals surface area contributed by atoms with E-state index < -0.39 is 0 Å². The van der Waals surface area contributed by atoms with Gasteiger partial charge in [0.1, 0.15) is 5.65 Å². The van der Waals surface area contributed by atoms with E-state index in [9.17, 15) is 9.90 Å². The van der Waals surface area contributed by atoms with E-state index >= 15 is 0 Å². The molecule has 3 N–H and O–H groups in total. The third-order valence-electron chi connectivity index (χ3n) is 2.21. The van der Waals surface area contributed by atoms with Crippen molar-refractivity contribution in [3.05, 3.63) is 28.2 Å². The van der Waals surface area contributed by atoms with Crippen LogP contribution in [0.1, 0.15) is 12.0 Å². The number of aliphatic hydroxyl groups excluding tert-OH is 1. The minimum atomic E-state index is -0.339. The first-order chi connectivity index (χ1) is 7.24. The summed E-state index contributed by atoms with van der Waals surface area (Å²) in [6.07, 6.45) is 2.25. The Balaban J connectivity index is 2.57. The maximum Gasteiger partial charge on any atom is 0.258 e. The predicted molar refractivity (Wildman–Crippen MR) is 52.9 cm³/mol. The number of hydrogen-bond acceptors (Lipinski definition) is 4. The molecule has 0 saturated heterocycles. The van der Waals surface area contributed by atoms with Crippen LogP contribution in [-0.2, 0) is 6.42 Å². The molecule has 6 heteroatoms. The molecule has 2 rings (SSSR count). The van der Waals surface area contributed by atoms with E-state index in [-0.39, 0.29) is 23.6 Å². The van der Waals surface area contributed by atoms with Crippen LogP contribution >= 0.6 is 0 Å². The van der Waals surface area contributed by atoms with Crippen LogP contribution in [0.4, 0.5) is 0 Å². The molecule has 0 atom stereocenters. The fraction of sp³-hybridized carbons (Fsp3) is 0.333. The van der Waals surface area contributed by atoms with Crippen LogP contribution in [0.15, 0.2) is 17.1 Å². The highest BCUT2D eigenvalue weighted by Crippen LogP contribution is 2.14. The number of nitrogens with zero attached hydrogens (tertiary/aromatic N) is 2. The van der Waals surface area contributed by atoms with Crippen LogP contribution in [0.5, 0.6) is 5.88 Å². The van der Waals surface area contributed by atoms with Gasteiger partial charge in [-0.15, -0.1) is 0 Å². The number of aromatic amines is 1. The van der Waals surface area contributed by atoms with Gasteiger partial charge in [0, 0.05) is 12.7 Å². The molecule has 0 spiro atoms. The van der Waals surface area contributed by atoms with E-state index in [0.717, 1.165) is 0 Å². The maximum absolute atomic E-state index is 11.5. The van der Waals surface area contributed by atoms with Crippen molar-refractivity contribution in [3.63, 3.8) is 0 Å². The van der Waals surface area contributed by atoms with E-state index in [1.54, 1.807) is 6.07 Å². The second-order valence-corrected chi connectivity index (χ2v) is 3.21. The lowest BCUT2D eigenvalue weighted by Gasteiger charge is -2.04. The highest BCUT2D eigenvalue weighted by atomic mass is 16.3. The molecule has 0 aliphatic heterocycles. The molecule has 0 unspecified atom stereocenters. The Morgan fingerprint density at radius 1 is 1.53 bits per heavy atom. The first-order valence-corrected chi connectivity index (χ1v) is 4.62. The van der Waals surface area contributed by atoms with Gasteiger partial charge in [0.05, 0.1) is 11.8 Å². The molecular formula is C9H11N3O3. The summed E-state index contributed by atoms with van der Waals surface area (Å²) in [7, 11) is 0. The molecule has 0 amide bonds. The quantitative estimate of drug-likeness (QED) is 0.644. The minimum absolute atomic E-state index is 0.0178. The summed E-state index contributed by atoms with van der Waals surface area (Å²) in [5.74, 6) is -0.160. The average Bonchev–Trinajstić information content (AvgIpc) is 2.65. The van der Waals surface area contributed by atoms with Crippen molar-refractivity contribution in [2.45, 2.75) is 12.8 Å². The molecule has 80 valence electrons. The number of fused-ring (bicyclic) bond motifs is 1. The minimum Gasteiger partial charge on any atom is -0.493 e. The Morgan fingerprint density at radius 2 is 2.33 bits per heavy atom. The summed E-state index contributed by atoms with van der Waals surface area (Å²) in [5.41, 5.74) is 0.361. The van der Waals surface area contributed by atoms with Gasteiger partial charge in [-0.2, -0.15) is 9.61 Å². The van der Waals surface area contributed by atoms with E-state index in [2.05, 4.69) is 10.1 Å². The number of H-pyrrole nitrogens is 1. The largest absolute Gasteiger partial charge is 0.493 e. The van der Waals surface area contributed by atoms with Gasteiger partial charge in [-0.05, 0) is 12.8 Å². The van der Waals surface area contributed by atoms with Gasteiger partial charge in [0.2, 0.25) is 5.88 Å². The monoisotopic (exact) mass is 209 g/mol. The smallest absolute Gasteiger partial charge is 0.258 e. The van der Waals surface area contributed by atoms with Gasteiger partial charge in [-0.25, -0.2) is 0 Å². The molecular weight excluding hydrogens is 198 g/mol. The van der Waals surface area contributed by atoms with Crippen LogP contribution in [0.25, 0.3) is 5.65 Å². The fourth-order valence-electron chi connectivity index (χ4n) is 1.47. The first-order valence-electron chi connectivity index (χ1n) is 4.62. The van der Waals surface area contributed by atoms with E-state index in [1.807, 2.05) is 0 Å². The van der Waals surface area contributed by atoms with Gasteiger partial charge in [-0.1, -0.05) is 0 Å². The molecule has 0 fully saturated rings. The molecule has 0 aromatic carbocycles. The van der Waals surface area contributed by atoms with Crippen molar-refractivity contribution in [1.82, 2.24) is 14.6 Å². The van der Waals surface area contributed by atoms with Crippen molar-refractivity contribution in [3.8, 4) is 5.88 Å². The van der Waals surface area contributed by atoms with Crippen LogP contribution in [0.2, 0.25) is 0 Å². The lowest BCUT2D eigenvalue weighted by molar-refractivity contribution is 0.287. The lowest BCUT2D eigenvalue weighted by atomic mass is 10.2. The molecule has 6 nitrogen and oxygen atoms in total. The van der Waals surface area contributed by atoms with Gasteiger partial charge in [0.15, 0.2) is 0 Å². The second kappa shape index (κ2) is 3.74. The third-order valence-corrected chi connectivity index (χ3v) is 2.21. The van der Waals surface area contributed by atoms with Crippen LogP contribution in [0, 0.1) is 0 Å². The first kappa shape index (κ1) is 9.72. The molecule has 15 heavy (non-hydrogen) atoms. The molecule has 0 radical (unpaired) electrons. The molecule has 0 bridgehead atoms. The highest BCUT2D eigenvalue weighted by Gasteiger charge is 2.11. The maximum atomic E-state index is 11.5. The Labute approximate surface area is 84.8 Å². The van der Waals surface area contributed by atoms with Crippen molar-refractivity contribution in [2.24, 2.45) is 0 Å². The molecule has 2 heterocycles. The normalized spacial score (nSPS) is 11.0. The molecule has 2 aromatic rings. The SMILES string of the molecule is O=c1[nH]c2ccnn2c(O)c1CCCO. The number of aromatic nitrogens is 3. The predicted octanol–water partition coefficient (Wildman–Crippen LogP) is -0.347. The zero-order chi connectivity index (χ0) is 10.8. The Morgan fingerprint density at radius 3 is 3.07 bits per heavy atom. The zero-order valence-electron chi connectivity index (χ0n) is 7.97. The Hall–Kier alpha value is -1.82. The number of rotatable bonds is 3. The summed E-state index contributed by atoms with van der Waals surface area (Å²) in [5, 5.41) is 22.3. The van der Waals surface area contributed by atoms with Gasteiger partial charge in [-0.3, -0.25) is 4.79 Å². The summed E-state index contributed by atoms with van der Waals surface area (Å²) < 4.78 is 1.26. The molecule has 0 aliphatic carbocycles. The topological polar surface area (TPSA) is 90.6 Å². The van der Waals surface area contributed by atoms with Crippen molar-refractivity contribution < 1.29 is 10.2 Å². The van der Waals surface area contributed by atoms with Gasteiger partial charge >= 0.3 is 0 Å². The van der Waals surface area contributed by atoms with Crippen molar-refractivity contribution in [1.29, 1.82) is 0 Å². The molecule has 0 saturated carbocycles. The highest BCUT2D eigenvalue weighted by molar-refractivity contribution is 5.41. The van der Waals surface area contributed by atoms with E-state index in [4.69, 9.17) is 5.11 Å². The standard InChI is InChI=1S/C9H11N3O3/c13-5-1-2-6-8(14)11-7-3-4-10-12(7)9(6)15/h3-4,13,15H,1-2,5H2,(H,11,14). The molecule has 0 aliphatic rings. The average molecular weight is 209 g/mol. The summed E-state index contributed by atoms with van der Waals surface area (Å²) >= 11 is 0. The van der Waals surface area contributed by atoms with Gasteiger partial charge < -0.3 is 15.2 Å². The number of nitrogens with one attached hydrogen (secondary N) is 1. The zero-order valence-corrected chi connectivity index (χ0v) is 7.97. The summed E-state index contributed by atoms with van der Waals surface area (Å²) in [4.78, 5) is 14.1. The van der Waals surface area contributed by atoms with E-state index in [1.165, 1.54) is 10.7 Å². The second-order valence-electron chi connectivity index (χ2n) is 3.21. The van der Waals surface area contributed by atoms with Crippen molar-refractivity contribution in [2.75, 3.05) is 6.61 Å². The summed E-state index contributed by atoms with van der Waals surface area (Å²) in [6.45, 7) is -0.0178. The fourth-order valence-corrected chi connectivity index (χ4v) is 1.47. The lowest BCUT2D eigenvalue weighted by Crippen LogP contribution is -2.16. The van der Waals surface area contributed by atoms with Crippen LogP contribution < -0.4 is 5.56 Å². The number of aliphatic hydroxyl groups is 1. The third kappa shape index (κ3) is 1.59. The van der Waals surface area contributed by atoms with Gasteiger partial charge in [0.25, 0.3) is 5.56 Å². The molecule has 2 aromatic heterocycles. The Bertz CT molecular complexity index is 529. The van der Waals surface area contributed by atoms with E-state index in [0.29, 0.717) is 18.5 Å². The summed E-state index contributed by atoms with van der Waals surface area (Å²) in [6, 6.07) is 1.59. The van der Waals surface area contributed by atoms with Crippen LogP contribution in [0.3, 0.4) is 0 Å². The van der Waals surface area contributed by atoms with Crippen molar-refractivity contribution >= 4 is 5.65 Å². The number of aromatic hydroxyl groups is 1.